The summed E-state index contributed by atoms with van der Waals surface area (Å²) in [5, 5.41) is 2.65. The minimum atomic E-state index is -0.554. The van der Waals surface area contributed by atoms with Gasteiger partial charge in [-0.3, -0.25) is 19.5 Å². The van der Waals surface area contributed by atoms with Crippen molar-refractivity contribution in [2.45, 2.75) is 6.54 Å². The number of rotatable bonds is 5. The molecule has 0 radical (unpaired) electrons. The molecule has 7 nitrogen and oxygen atoms in total. The molecule has 2 heterocycles. The summed E-state index contributed by atoms with van der Waals surface area (Å²) in [6.45, 7) is 4.56. The fourth-order valence-electron chi connectivity index (χ4n) is 2.30. The van der Waals surface area contributed by atoms with E-state index >= 15 is 0 Å². The summed E-state index contributed by atoms with van der Waals surface area (Å²) in [7, 11) is 1.67. The van der Waals surface area contributed by atoms with E-state index in [2.05, 4.69) is 15.2 Å². The van der Waals surface area contributed by atoms with Gasteiger partial charge in [-0.1, -0.05) is 0 Å². The zero-order chi connectivity index (χ0) is 15.8. The average Bonchev–Trinajstić information content (AvgIpc) is 2.58. The second-order valence-corrected chi connectivity index (χ2v) is 5.16. The van der Waals surface area contributed by atoms with Crippen LogP contribution < -0.4 is 5.32 Å². The second kappa shape index (κ2) is 8.45. The van der Waals surface area contributed by atoms with Crippen LogP contribution in [0.25, 0.3) is 0 Å². The van der Waals surface area contributed by atoms with Gasteiger partial charge in [0.05, 0.1) is 6.61 Å². The number of hydrogen-bond donors (Lipinski definition) is 1. The number of carbonyl (C=O) groups excluding carboxylic acids is 2. The Morgan fingerprint density at radius 2 is 1.91 bits per heavy atom. The number of piperazine rings is 1. The van der Waals surface area contributed by atoms with Gasteiger partial charge < -0.3 is 15.0 Å². The van der Waals surface area contributed by atoms with E-state index < -0.39 is 11.8 Å². The Kier molecular flexibility index (Phi) is 6.29. The number of nitrogens with one attached hydrogen (secondary N) is 1. The lowest BCUT2D eigenvalue weighted by Crippen LogP contribution is -2.52. The summed E-state index contributed by atoms with van der Waals surface area (Å²) in [4.78, 5) is 31.8. The van der Waals surface area contributed by atoms with Gasteiger partial charge in [-0.05, 0) is 17.7 Å². The van der Waals surface area contributed by atoms with E-state index in [4.69, 9.17) is 4.74 Å². The zero-order valence-corrected chi connectivity index (χ0v) is 12.8. The van der Waals surface area contributed by atoms with Gasteiger partial charge in [0.2, 0.25) is 0 Å². The summed E-state index contributed by atoms with van der Waals surface area (Å²) < 4.78 is 5.04. The van der Waals surface area contributed by atoms with Crippen molar-refractivity contribution in [1.29, 1.82) is 0 Å². The van der Waals surface area contributed by atoms with E-state index in [0.29, 0.717) is 26.2 Å². The first-order valence-electron chi connectivity index (χ1n) is 7.38. The van der Waals surface area contributed by atoms with E-state index in [1.165, 1.54) is 0 Å². The molecule has 2 amide bonds. The van der Waals surface area contributed by atoms with Crippen molar-refractivity contribution in [3.8, 4) is 0 Å². The molecule has 2 rings (SSSR count). The number of aromatic nitrogens is 1. The van der Waals surface area contributed by atoms with Crippen LogP contribution in [0.5, 0.6) is 0 Å². The second-order valence-electron chi connectivity index (χ2n) is 5.16. The molecule has 1 aliphatic heterocycles. The molecular weight excluding hydrogens is 284 g/mol. The molecular formula is C15H22N4O3. The van der Waals surface area contributed by atoms with Gasteiger partial charge in [0, 0.05) is 58.8 Å². The van der Waals surface area contributed by atoms with Gasteiger partial charge in [-0.25, -0.2) is 0 Å². The maximum absolute atomic E-state index is 12.1. The van der Waals surface area contributed by atoms with Gasteiger partial charge in [0.15, 0.2) is 0 Å². The predicted molar refractivity (Wildman–Crippen MR) is 81.0 cm³/mol. The maximum atomic E-state index is 12.1. The third-order valence-electron chi connectivity index (χ3n) is 3.67. The van der Waals surface area contributed by atoms with Crippen LogP contribution >= 0.6 is 0 Å². The average molecular weight is 306 g/mol. The molecule has 7 heteroatoms. The van der Waals surface area contributed by atoms with Crippen molar-refractivity contribution >= 4 is 11.8 Å². The number of amides is 2. The Balaban J connectivity index is 1.73. The Bertz CT molecular complexity index is 487. The molecule has 22 heavy (non-hydrogen) atoms. The minimum Gasteiger partial charge on any atom is -0.383 e. The third-order valence-corrected chi connectivity index (χ3v) is 3.67. The molecule has 0 aliphatic carbocycles. The summed E-state index contributed by atoms with van der Waals surface area (Å²) in [6, 6.07) is 3.61. The molecule has 1 saturated heterocycles. The van der Waals surface area contributed by atoms with Crippen LogP contribution in [0.2, 0.25) is 0 Å². The first-order valence-corrected chi connectivity index (χ1v) is 7.38. The Hall–Kier alpha value is -1.99. The molecule has 1 aromatic heterocycles. The number of hydrogen-bond acceptors (Lipinski definition) is 5. The highest BCUT2D eigenvalue weighted by atomic mass is 16.5. The van der Waals surface area contributed by atoms with Crippen LogP contribution in [0.3, 0.4) is 0 Å². The molecule has 1 fully saturated rings. The van der Waals surface area contributed by atoms with Crippen molar-refractivity contribution in [2.24, 2.45) is 0 Å². The summed E-state index contributed by atoms with van der Waals surface area (Å²) in [5.74, 6) is -1.01. The SMILES string of the molecule is COCCN1CCN(C(=O)C(=O)NCc2ccncc2)CC1. The Morgan fingerprint density at radius 1 is 1.23 bits per heavy atom. The number of pyridine rings is 1. The monoisotopic (exact) mass is 306 g/mol. The van der Waals surface area contributed by atoms with Crippen LogP contribution in [-0.4, -0.2) is 73.0 Å². The van der Waals surface area contributed by atoms with Gasteiger partial charge >= 0.3 is 11.8 Å². The molecule has 1 aliphatic rings. The van der Waals surface area contributed by atoms with Gasteiger partial charge in [-0.15, -0.1) is 0 Å². The van der Waals surface area contributed by atoms with Crippen molar-refractivity contribution in [1.82, 2.24) is 20.1 Å². The molecule has 0 saturated carbocycles. The first-order chi connectivity index (χ1) is 10.7. The van der Waals surface area contributed by atoms with Crippen molar-refractivity contribution in [3.05, 3.63) is 30.1 Å². The van der Waals surface area contributed by atoms with Crippen molar-refractivity contribution < 1.29 is 14.3 Å². The first kappa shape index (κ1) is 16.4. The lowest BCUT2D eigenvalue weighted by Gasteiger charge is -2.34. The van der Waals surface area contributed by atoms with Crippen LogP contribution in [0, 0.1) is 0 Å². The largest absolute Gasteiger partial charge is 0.383 e. The molecule has 0 aromatic carbocycles. The minimum absolute atomic E-state index is 0.334. The van der Waals surface area contributed by atoms with E-state index in [-0.39, 0.29) is 0 Å². The van der Waals surface area contributed by atoms with Crippen LogP contribution in [-0.2, 0) is 20.9 Å². The standard InChI is InChI=1S/C15H22N4O3/c1-22-11-10-18-6-8-19(9-7-18)15(21)14(20)17-12-13-2-4-16-5-3-13/h2-5H,6-12H2,1H3,(H,17,20). The highest BCUT2D eigenvalue weighted by Gasteiger charge is 2.25. The normalized spacial score (nSPS) is 15.6. The number of nitrogens with zero attached hydrogens (tertiary/aromatic N) is 3. The van der Waals surface area contributed by atoms with Crippen molar-refractivity contribution in [2.75, 3.05) is 46.4 Å². The molecule has 0 spiro atoms. The van der Waals surface area contributed by atoms with Gasteiger partial charge in [0.25, 0.3) is 0 Å². The molecule has 0 atom stereocenters. The topological polar surface area (TPSA) is 74.8 Å². The predicted octanol–water partition coefficient (Wildman–Crippen LogP) is -0.512. The third kappa shape index (κ3) is 4.78. The van der Waals surface area contributed by atoms with Crippen molar-refractivity contribution in [3.63, 3.8) is 0 Å². The van der Waals surface area contributed by atoms with E-state index in [1.807, 2.05) is 0 Å². The van der Waals surface area contributed by atoms with Crippen LogP contribution in [0.4, 0.5) is 0 Å². The molecule has 0 unspecified atom stereocenters. The number of ether oxygens (including phenoxy) is 1. The van der Waals surface area contributed by atoms with Gasteiger partial charge in [0.1, 0.15) is 0 Å². The Labute approximate surface area is 130 Å². The fourth-order valence-corrected chi connectivity index (χ4v) is 2.30. The molecule has 1 aromatic rings. The summed E-state index contributed by atoms with van der Waals surface area (Å²) in [6.07, 6.45) is 3.31. The molecule has 0 bridgehead atoms. The van der Waals surface area contributed by atoms with E-state index in [9.17, 15) is 9.59 Å². The maximum Gasteiger partial charge on any atom is 0.311 e. The highest BCUT2D eigenvalue weighted by molar-refractivity contribution is 6.34. The highest BCUT2D eigenvalue weighted by Crippen LogP contribution is 2.02. The lowest BCUT2D eigenvalue weighted by atomic mass is 10.2. The molecule has 1 N–H and O–H groups in total. The lowest BCUT2D eigenvalue weighted by molar-refractivity contribution is -0.147. The van der Waals surface area contributed by atoms with E-state index in [0.717, 1.165) is 25.2 Å². The van der Waals surface area contributed by atoms with Gasteiger partial charge in [-0.2, -0.15) is 0 Å². The summed E-state index contributed by atoms with van der Waals surface area (Å²) in [5.41, 5.74) is 0.917. The number of methoxy groups -OCH3 is 1. The van der Waals surface area contributed by atoms with E-state index in [1.54, 1.807) is 36.5 Å². The summed E-state index contributed by atoms with van der Waals surface area (Å²) >= 11 is 0. The number of carbonyl (C=O) groups is 2. The Morgan fingerprint density at radius 3 is 2.55 bits per heavy atom. The van der Waals surface area contributed by atoms with Crippen LogP contribution in [0.1, 0.15) is 5.56 Å². The molecule has 120 valence electrons. The zero-order valence-electron chi connectivity index (χ0n) is 12.8. The quantitative estimate of drug-likeness (QED) is 0.742. The fraction of sp³-hybridized carbons (Fsp3) is 0.533. The smallest absolute Gasteiger partial charge is 0.311 e. The van der Waals surface area contributed by atoms with Crippen LogP contribution in [0.15, 0.2) is 24.5 Å².